The molecular formula is C9H5F3N4OS. The molecule has 2 aromatic rings. The first-order chi connectivity index (χ1) is 8.56. The molecule has 0 atom stereocenters. The van der Waals surface area contributed by atoms with Gasteiger partial charge in [0.15, 0.2) is 11.6 Å². The van der Waals surface area contributed by atoms with E-state index in [1.165, 1.54) is 6.20 Å². The minimum absolute atomic E-state index is 0.329. The van der Waals surface area contributed by atoms with Crippen LogP contribution in [0.2, 0.25) is 0 Å². The molecule has 5 nitrogen and oxygen atoms in total. The van der Waals surface area contributed by atoms with Gasteiger partial charge < -0.3 is 5.32 Å². The van der Waals surface area contributed by atoms with Gasteiger partial charge in [0.2, 0.25) is 0 Å². The third-order valence-corrected chi connectivity index (χ3v) is 2.44. The van der Waals surface area contributed by atoms with E-state index in [0.29, 0.717) is 17.1 Å². The van der Waals surface area contributed by atoms with Gasteiger partial charge in [0, 0.05) is 23.7 Å². The highest BCUT2D eigenvalue weighted by Gasteiger charge is 2.12. The summed E-state index contributed by atoms with van der Waals surface area (Å²) in [5, 5.41) is 8.13. The minimum atomic E-state index is -1.33. The Kier molecular flexibility index (Phi) is 3.42. The van der Waals surface area contributed by atoms with Crippen LogP contribution in [-0.2, 0) is 0 Å². The SMILES string of the molecule is O=C(Nc1cnns1)Nc1cc(F)c(F)cc1F. The van der Waals surface area contributed by atoms with E-state index in [1.54, 1.807) is 0 Å². The molecule has 0 unspecified atom stereocenters. The summed E-state index contributed by atoms with van der Waals surface area (Å²) in [6.07, 6.45) is 1.28. The van der Waals surface area contributed by atoms with Crippen LogP contribution >= 0.6 is 11.5 Å². The van der Waals surface area contributed by atoms with Crippen LogP contribution in [0.3, 0.4) is 0 Å². The molecule has 0 saturated carbocycles. The minimum Gasteiger partial charge on any atom is -0.305 e. The first-order valence-electron chi connectivity index (χ1n) is 4.56. The maximum Gasteiger partial charge on any atom is 0.324 e. The summed E-state index contributed by atoms with van der Waals surface area (Å²) < 4.78 is 42.2. The third kappa shape index (κ3) is 2.74. The maximum atomic E-state index is 13.2. The fraction of sp³-hybridized carbons (Fsp3) is 0. The van der Waals surface area contributed by atoms with Crippen molar-refractivity contribution in [2.45, 2.75) is 0 Å². The van der Waals surface area contributed by atoms with Gasteiger partial charge >= 0.3 is 6.03 Å². The molecule has 9 heteroatoms. The summed E-state index contributed by atoms with van der Waals surface area (Å²) in [5.41, 5.74) is -0.469. The van der Waals surface area contributed by atoms with Crippen molar-refractivity contribution in [3.63, 3.8) is 0 Å². The average Bonchev–Trinajstić information content (AvgIpc) is 2.78. The summed E-state index contributed by atoms with van der Waals surface area (Å²) in [4.78, 5) is 11.4. The Morgan fingerprint density at radius 3 is 2.50 bits per heavy atom. The fourth-order valence-corrected chi connectivity index (χ4v) is 1.52. The molecule has 0 aliphatic heterocycles. The zero-order valence-corrected chi connectivity index (χ0v) is 9.39. The quantitative estimate of drug-likeness (QED) is 0.827. The van der Waals surface area contributed by atoms with E-state index < -0.39 is 29.2 Å². The number of urea groups is 1. The van der Waals surface area contributed by atoms with Gasteiger partial charge in [-0.1, -0.05) is 4.49 Å². The zero-order valence-electron chi connectivity index (χ0n) is 8.58. The molecule has 18 heavy (non-hydrogen) atoms. The Morgan fingerprint density at radius 1 is 1.11 bits per heavy atom. The van der Waals surface area contributed by atoms with E-state index in [2.05, 4.69) is 14.9 Å². The van der Waals surface area contributed by atoms with Gasteiger partial charge in [-0.05, 0) is 0 Å². The van der Waals surface area contributed by atoms with E-state index in [1.807, 2.05) is 5.32 Å². The van der Waals surface area contributed by atoms with Crippen LogP contribution in [-0.4, -0.2) is 15.6 Å². The van der Waals surface area contributed by atoms with E-state index in [0.717, 1.165) is 11.5 Å². The molecule has 1 aromatic heterocycles. The molecule has 2 amide bonds. The normalized spacial score (nSPS) is 10.2. The topological polar surface area (TPSA) is 66.9 Å². The van der Waals surface area contributed by atoms with E-state index in [-0.39, 0.29) is 0 Å². The zero-order chi connectivity index (χ0) is 13.1. The summed E-state index contributed by atoms with van der Waals surface area (Å²) in [6.45, 7) is 0. The second-order valence-electron chi connectivity index (χ2n) is 3.11. The molecule has 1 aromatic carbocycles. The Morgan fingerprint density at radius 2 is 1.83 bits per heavy atom. The van der Waals surface area contributed by atoms with Crippen LogP contribution in [0.4, 0.5) is 28.7 Å². The smallest absolute Gasteiger partial charge is 0.305 e. The predicted octanol–water partition coefficient (Wildman–Crippen LogP) is 2.60. The van der Waals surface area contributed by atoms with Gasteiger partial charge in [-0.2, -0.15) is 0 Å². The number of aromatic nitrogens is 2. The van der Waals surface area contributed by atoms with Gasteiger partial charge in [-0.25, -0.2) is 18.0 Å². The van der Waals surface area contributed by atoms with Crippen molar-refractivity contribution in [3.05, 3.63) is 35.8 Å². The summed E-state index contributed by atoms with van der Waals surface area (Å²) in [6, 6.07) is 0.0833. The molecular weight excluding hydrogens is 269 g/mol. The van der Waals surface area contributed by atoms with Crippen molar-refractivity contribution in [1.29, 1.82) is 0 Å². The second-order valence-corrected chi connectivity index (χ2v) is 3.89. The molecule has 0 bridgehead atoms. The highest BCUT2D eigenvalue weighted by molar-refractivity contribution is 7.10. The molecule has 2 N–H and O–H groups in total. The number of hydrogen-bond acceptors (Lipinski definition) is 4. The number of carbonyl (C=O) groups excluding carboxylic acids is 1. The van der Waals surface area contributed by atoms with E-state index in [9.17, 15) is 18.0 Å². The highest BCUT2D eigenvalue weighted by atomic mass is 32.1. The number of benzene rings is 1. The molecule has 0 aliphatic carbocycles. The number of rotatable bonds is 2. The van der Waals surface area contributed by atoms with Crippen molar-refractivity contribution in [2.24, 2.45) is 0 Å². The molecule has 1 heterocycles. The number of anilines is 2. The summed E-state index contributed by atoms with van der Waals surface area (Å²) in [5.74, 6) is -3.66. The van der Waals surface area contributed by atoms with Crippen molar-refractivity contribution in [3.8, 4) is 0 Å². The van der Waals surface area contributed by atoms with Crippen LogP contribution in [0.25, 0.3) is 0 Å². The average molecular weight is 274 g/mol. The Bertz CT molecular complexity index is 575. The van der Waals surface area contributed by atoms with Crippen molar-refractivity contribution >= 4 is 28.3 Å². The van der Waals surface area contributed by atoms with Gasteiger partial charge in [0.25, 0.3) is 0 Å². The summed E-state index contributed by atoms with van der Waals surface area (Å²) in [7, 11) is 0. The molecule has 94 valence electrons. The molecule has 2 rings (SSSR count). The molecule has 0 radical (unpaired) electrons. The number of nitrogens with one attached hydrogen (secondary N) is 2. The van der Waals surface area contributed by atoms with Crippen molar-refractivity contribution in [2.75, 3.05) is 10.6 Å². The molecule has 0 saturated heterocycles. The predicted molar refractivity (Wildman–Crippen MR) is 58.9 cm³/mol. The first-order valence-corrected chi connectivity index (χ1v) is 5.33. The lowest BCUT2D eigenvalue weighted by atomic mass is 10.3. The number of carbonyl (C=O) groups is 1. The van der Waals surface area contributed by atoms with Crippen molar-refractivity contribution in [1.82, 2.24) is 9.59 Å². The lowest BCUT2D eigenvalue weighted by Gasteiger charge is -2.06. The van der Waals surface area contributed by atoms with Crippen LogP contribution in [0.5, 0.6) is 0 Å². The van der Waals surface area contributed by atoms with E-state index >= 15 is 0 Å². The Balaban J connectivity index is 2.09. The van der Waals surface area contributed by atoms with Gasteiger partial charge in [0.1, 0.15) is 10.8 Å². The standard InChI is InChI=1S/C9H5F3N4OS/c10-4-1-6(12)7(2-5(4)11)14-9(17)15-8-3-13-16-18-8/h1-3H,(H2,14,15,17). The lowest BCUT2D eigenvalue weighted by Crippen LogP contribution is -2.19. The maximum absolute atomic E-state index is 13.2. The lowest BCUT2D eigenvalue weighted by molar-refractivity contribution is 0.262. The van der Waals surface area contributed by atoms with Gasteiger partial charge in [0.05, 0.1) is 11.9 Å². The second kappa shape index (κ2) is 5.00. The number of nitrogens with zero attached hydrogens (tertiary/aromatic N) is 2. The Labute approximate surface area is 103 Å². The van der Waals surface area contributed by atoms with Gasteiger partial charge in [-0.3, -0.25) is 5.32 Å². The van der Waals surface area contributed by atoms with Gasteiger partial charge in [-0.15, -0.1) is 5.10 Å². The third-order valence-electron chi connectivity index (χ3n) is 1.86. The van der Waals surface area contributed by atoms with Crippen molar-refractivity contribution < 1.29 is 18.0 Å². The molecule has 0 spiro atoms. The molecule has 0 fully saturated rings. The van der Waals surface area contributed by atoms with Crippen LogP contribution in [0.1, 0.15) is 0 Å². The highest BCUT2D eigenvalue weighted by Crippen LogP contribution is 2.19. The number of amides is 2. The first kappa shape index (κ1) is 12.3. The number of halogens is 3. The van der Waals surface area contributed by atoms with Crippen LogP contribution < -0.4 is 10.6 Å². The van der Waals surface area contributed by atoms with Crippen LogP contribution in [0, 0.1) is 17.5 Å². The van der Waals surface area contributed by atoms with Crippen LogP contribution in [0.15, 0.2) is 18.3 Å². The monoisotopic (exact) mass is 274 g/mol. The van der Waals surface area contributed by atoms with E-state index in [4.69, 9.17) is 0 Å². The Hall–Kier alpha value is -2.16. The summed E-state index contributed by atoms with van der Waals surface area (Å²) >= 11 is 0.911. The fourth-order valence-electron chi connectivity index (χ4n) is 1.11. The largest absolute Gasteiger partial charge is 0.324 e. The number of hydrogen-bond donors (Lipinski definition) is 2. The molecule has 0 aliphatic rings.